The highest BCUT2D eigenvalue weighted by atomic mass is 14.7. The van der Waals surface area contributed by atoms with Crippen LogP contribution in [0.1, 0.15) is 13.8 Å². The van der Waals surface area contributed by atoms with Crippen molar-refractivity contribution in [1.82, 2.24) is 0 Å². The minimum atomic E-state index is 0.775. The van der Waals surface area contributed by atoms with Gasteiger partial charge in [-0.1, -0.05) is 18.7 Å². The molecular weight excluding hydrogens is 134 g/mol. The second kappa shape index (κ2) is 2.87. The highest BCUT2D eigenvalue weighted by molar-refractivity contribution is 5.89. The molecule has 0 amide bonds. The average molecular weight is 147 g/mol. The molecule has 0 aromatic carbocycles. The van der Waals surface area contributed by atoms with Crippen LogP contribution in [0.4, 0.5) is 0 Å². The molecule has 58 valence electrons. The van der Waals surface area contributed by atoms with Crippen molar-refractivity contribution >= 4 is 6.21 Å². The lowest BCUT2D eigenvalue weighted by Crippen LogP contribution is -1.91. The van der Waals surface area contributed by atoms with E-state index in [9.17, 15) is 0 Å². The molecule has 0 fully saturated rings. The van der Waals surface area contributed by atoms with Crippen LogP contribution in [0.3, 0.4) is 0 Å². The van der Waals surface area contributed by atoms with Gasteiger partial charge in [0.1, 0.15) is 0 Å². The molecule has 0 spiro atoms. The number of nitrogens with zero attached hydrogens (tertiary/aromatic N) is 1. The number of rotatable bonds is 2. The van der Waals surface area contributed by atoms with Crippen molar-refractivity contribution in [2.24, 2.45) is 4.99 Å². The zero-order chi connectivity index (χ0) is 8.43. The van der Waals surface area contributed by atoms with Crippen molar-refractivity contribution in [3.8, 4) is 0 Å². The zero-order valence-corrected chi connectivity index (χ0v) is 7.15. The fourth-order valence-electron chi connectivity index (χ4n) is 1.12. The van der Waals surface area contributed by atoms with Gasteiger partial charge in [-0.15, -0.1) is 0 Å². The van der Waals surface area contributed by atoms with Crippen LogP contribution in [0.25, 0.3) is 0 Å². The largest absolute Gasteiger partial charge is 0.288 e. The Bertz CT molecular complexity index is 267. The molecule has 0 saturated heterocycles. The maximum Gasteiger partial charge on any atom is 0.0648 e. The Kier molecular flexibility index (Phi) is 2.08. The summed E-state index contributed by atoms with van der Waals surface area (Å²) >= 11 is 0. The number of aliphatic imine (C=N–C) groups is 1. The second-order valence-electron chi connectivity index (χ2n) is 2.92. The average Bonchev–Trinajstić information content (AvgIpc) is 2.32. The summed E-state index contributed by atoms with van der Waals surface area (Å²) in [5, 5.41) is 0. The van der Waals surface area contributed by atoms with E-state index in [4.69, 9.17) is 0 Å². The first-order valence-electron chi connectivity index (χ1n) is 3.67. The molecule has 0 atom stereocenters. The minimum Gasteiger partial charge on any atom is -0.288 e. The van der Waals surface area contributed by atoms with E-state index >= 15 is 0 Å². The fourth-order valence-corrected chi connectivity index (χ4v) is 1.12. The van der Waals surface area contributed by atoms with Gasteiger partial charge in [-0.3, -0.25) is 4.99 Å². The molecule has 0 aromatic heterocycles. The smallest absolute Gasteiger partial charge is 0.0648 e. The van der Waals surface area contributed by atoms with E-state index in [0.717, 1.165) is 23.3 Å². The van der Waals surface area contributed by atoms with Crippen molar-refractivity contribution in [2.75, 3.05) is 6.54 Å². The molecule has 1 heteroatoms. The monoisotopic (exact) mass is 147 g/mol. The molecule has 1 aliphatic heterocycles. The Labute approximate surface area is 67.8 Å². The van der Waals surface area contributed by atoms with Crippen molar-refractivity contribution in [1.29, 1.82) is 0 Å². The summed E-state index contributed by atoms with van der Waals surface area (Å²) in [6.45, 7) is 12.5. The SMILES string of the molecule is C=C(C)C1=C(C(=C)C)CN=C1. The highest BCUT2D eigenvalue weighted by Gasteiger charge is 2.10. The first-order valence-corrected chi connectivity index (χ1v) is 3.67. The van der Waals surface area contributed by atoms with E-state index in [1.165, 1.54) is 5.57 Å². The summed E-state index contributed by atoms with van der Waals surface area (Å²) in [6, 6.07) is 0. The highest BCUT2D eigenvalue weighted by Crippen LogP contribution is 2.21. The van der Waals surface area contributed by atoms with Gasteiger partial charge in [0, 0.05) is 6.21 Å². The van der Waals surface area contributed by atoms with E-state index in [1.807, 2.05) is 20.1 Å². The first-order chi connectivity index (χ1) is 5.13. The van der Waals surface area contributed by atoms with Crippen molar-refractivity contribution in [3.63, 3.8) is 0 Å². The Morgan fingerprint density at radius 1 is 1.36 bits per heavy atom. The molecule has 0 aromatic rings. The van der Waals surface area contributed by atoms with Gasteiger partial charge >= 0.3 is 0 Å². The van der Waals surface area contributed by atoms with Gasteiger partial charge in [-0.25, -0.2) is 0 Å². The number of allylic oxidation sites excluding steroid dienone is 2. The molecule has 1 heterocycles. The lowest BCUT2D eigenvalue weighted by molar-refractivity contribution is 1.17. The van der Waals surface area contributed by atoms with Crippen LogP contribution in [0.2, 0.25) is 0 Å². The summed E-state index contributed by atoms with van der Waals surface area (Å²) in [4.78, 5) is 4.17. The normalized spacial score (nSPS) is 15.8. The van der Waals surface area contributed by atoms with Gasteiger partial charge in [0.15, 0.2) is 0 Å². The number of hydrogen-bond acceptors (Lipinski definition) is 1. The fraction of sp³-hybridized carbons (Fsp3) is 0.300. The Morgan fingerprint density at radius 2 is 2.00 bits per heavy atom. The van der Waals surface area contributed by atoms with Crippen molar-refractivity contribution in [2.45, 2.75) is 13.8 Å². The molecule has 1 nitrogen and oxygen atoms in total. The Hall–Kier alpha value is -1.11. The van der Waals surface area contributed by atoms with Crippen LogP contribution in [-0.4, -0.2) is 12.8 Å². The van der Waals surface area contributed by atoms with E-state index in [1.54, 1.807) is 0 Å². The third-order valence-corrected chi connectivity index (χ3v) is 1.77. The quantitative estimate of drug-likeness (QED) is 0.569. The lowest BCUT2D eigenvalue weighted by Gasteiger charge is -2.03. The van der Waals surface area contributed by atoms with Crippen LogP contribution in [0.5, 0.6) is 0 Å². The molecule has 0 saturated carbocycles. The summed E-state index contributed by atoms with van der Waals surface area (Å²) in [5.41, 5.74) is 4.57. The molecule has 0 N–H and O–H groups in total. The van der Waals surface area contributed by atoms with Gasteiger partial charge < -0.3 is 0 Å². The zero-order valence-electron chi connectivity index (χ0n) is 7.15. The molecular formula is C10H13N. The summed E-state index contributed by atoms with van der Waals surface area (Å²) in [5.74, 6) is 0. The Balaban J connectivity index is 3.02. The van der Waals surface area contributed by atoms with Gasteiger partial charge in [0.05, 0.1) is 6.54 Å². The molecule has 0 bridgehead atoms. The Morgan fingerprint density at radius 3 is 2.36 bits per heavy atom. The van der Waals surface area contributed by atoms with E-state index in [-0.39, 0.29) is 0 Å². The predicted octanol–water partition coefficient (Wildman–Crippen LogP) is 2.52. The van der Waals surface area contributed by atoms with Crippen LogP contribution in [-0.2, 0) is 0 Å². The lowest BCUT2D eigenvalue weighted by atomic mass is 10.0. The van der Waals surface area contributed by atoms with Crippen LogP contribution < -0.4 is 0 Å². The molecule has 1 aliphatic rings. The van der Waals surface area contributed by atoms with E-state index < -0.39 is 0 Å². The third-order valence-electron chi connectivity index (χ3n) is 1.77. The maximum absolute atomic E-state index is 4.17. The van der Waals surface area contributed by atoms with Gasteiger partial charge in [0.2, 0.25) is 0 Å². The van der Waals surface area contributed by atoms with Crippen molar-refractivity contribution < 1.29 is 0 Å². The van der Waals surface area contributed by atoms with Gasteiger partial charge in [-0.05, 0) is 30.6 Å². The topological polar surface area (TPSA) is 12.4 Å². The molecule has 0 radical (unpaired) electrons. The first kappa shape index (κ1) is 7.99. The van der Waals surface area contributed by atoms with E-state index in [0.29, 0.717) is 0 Å². The van der Waals surface area contributed by atoms with Crippen LogP contribution >= 0.6 is 0 Å². The minimum absolute atomic E-state index is 0.775. The number of hydrogen-bond donors (Lipinski definition) is 0. The summed E-state index contributed by atoms with van der Waals surface area (Å²) in [6.07, 6.45) is 1.88. The third kappa shape index (κ3) is 1.48. The molecule has 0 unspecified atom stereocenters. The van der Waals surface area contributed by atoms with Gasteiger partial charge in [-0.2, -0.15) is 0 Å². The molecule has 11 heavy (non-hydrogen) atoms. The van der Waals surface area contributed by atoms with E-state index in [2.05, 4.69) is 18.2 Å². The van der Waals surface area contributed by atoms with Gasteiger partial charge in [0.25, 0.3) is 0 Å². The summed E-state index contributed by atoms with van der Waals surface area (Å²) < 4.78 is 0. The predicted molar refractivity (Wildman–Crippen MR) is 50.0 cm³/mol. The molecule has 0 aliphatic carbocycles. The maximum atomic E-state index is 4.17. The van der Waals surface area contributed by atoms with Crippen LogP contribution in [0.15, 0.2) is 40.4 Å². The van der Waals surface area contributed by atoms with Crippen molar-refractivity contribution in [3.05, 3.63) is 35.5 Å². The summed E-state index contributed by atoms with van der Waals surface area (Å²) in [7, 11) is 0. The molecule has 1 rings (SSSR count). The standard InChI is InChI=1S/C10H13N/c1-7(2)9-5-11-6-10(9)8(3)4/h5H,1,3,6H2,2,4H3. The second-order valence-corrected chi connectivity index (χ2v) is 2.92. The van der Waals surface area contributed by atoms with Crippen LogP contribution in [0, 0.1) is 0 Å².